The monoisotopic (exact) mass is 343 g/mol. The fraction of sp³-hybridized carbons (Fsp3) is 0.556. The maximum absolute atomic E-state index is 12.1. The molecule has 3 rings (SSSR count). The van der Waals surface area contributed by atoms with Crippen LogP contribution in [0.3, 0.4) is 0 Å². The first-order valence-corrected chi connectivity index (χ1v) is 8.71. The summed E-state index contributed by atoms with van der Waals surface area (Å²) in [7, 11) is 0. The van der Waals surface area contributed by atoms with Crippen molar-refractivity contribution in [1.82, 2.24) is 25.1 Å². The quantitative estimate of drug-likeness (QED) is 0.857. The van der Waals surface area contributed by atoms with Crippen LogP contribution in [0.15, 0.2) is 30.6 Å². The van der Waals surface area contributed by atoms with Crippen molar-refractivity contribution in [2.24, 2.45) is 5.92 Å². The first kappa shape index (κ1) is 17.4. The number of hydrogen-bond donors (Lipinski definition) is 0. The highest BCUT2D eigenvalue weighted by Gasteiger charge is 2.26. The molecule has 0 radical (unpaired) electrons. The molecule has 0 atom stereocenters. The van der Waals surface area contributed by atoms with Gasteiger partial charge in [0.2, 0.25) is 0 Å². The molecule has 1 aromatic carbocycles. The number of amides is 1. The highest BCUT2D eigenvalue weighted by Crippen LogP contribution is 2.23. The molecule has 0 aliphatic carbocycles. The van der Waals surface area contributed by atoms with Crippen molar-refractivity contribution in [3.63, 3.8) is 0 Å². The number of nitrogens with zero attached hydrogens (tertiary/aromatic N) is 5. The van der Waals surface area contributed by atoms with Crippen LogP contribution in [-0.4, -0.2) is 49.9 Å². The van der Waals surface area contributed by atoms with Crippen LogP contribution in [-0.2, 0) is 11.2 Å². The number of ether oxygens (including phenoxy) is 1. The van der Waals surface area contributed by atoms with Crippen LogP contribution in [0.2, 0.25) is 0 Å². The molecule has 134 valence electrons. The number of carbonyl (C=O) groups is 1. The van der Waals surface area contributed by atoms with Gasteiger partial charge in [-0.2, -0.15) is 0 Å². The molecule has 0 saturated carbocycles. The third-order valence-corrected chi connectivity index (χ3v) is 4.34. The SMILES string of the molecule is CC(C)(C)OC(=O)N1CCC(Cc2ccc(-n3cnnn3)cc2)CC1. The summed E-state index contributed by atoms with van der Waals surface area (Å²) < 4.78 is 7.09. The summed E-state index contributed by atoms with van der Waals surface area (Å²) in [5.41, 5.74) is 1.82. The second-order valence-corrected chi connectivity index (χ2v) is 7.54. The normalized spacial score (nSPS) is 16.0. The minimum absolute atomic E-state index is 0.197. The minimum Gasteiger partial charge on any atom is -0.444 e. The number of tetrazole rings is 1. The zero-order valence-electron chi connectivity index (χ0n) is 15.1. The maximum atomic E-state index is 12.1. The second-order valence-electron chi connectivity index (χ2n) is 7.54. The van der Waals surface area contributed by atoms with E-state index in [1.807, 2.05) is 37.8 Å². The van der Waals surface area contributed by atoms with Gasteiger partial charge in [0.15, 0.2) is 0 Å². The van der Waals surface area contributed by atoms with Gasteiger partial charge in [0.1, 0.15) is 11.9 Å². The van der Waals surface area contributed by atoms with Crippen LogP contribution in [0, 0.1) is 5.92 Å². The number of aromatic nitrogens is 4. The minimum atomic E-state index is -0.435. The topological polar surface area (TPSA) is 73.1 Å². The lowest BCUT2D eigenvalue weighted by atomic mass is 9.90. The van der Waals surface area contributed by atoms with Crippen molar-refractivity contribution in [2.45, 2.75) is 45.6 Å². The van der Waals surface area contributed by atoms with Crippen LogP contribution in [0.1, 0.15) is 39.2 Å². The van der Waals surface area contributed by atoms with E-state index >= 15 is 0 Å². The van der Waals surface area contributed by atoms with Crippen LogP contribution < -0.4 is 0 Å². The predicted molar refractivity (Wildman–Crippen MR) is 93.4 cm³/mol. The molecule has 0 bridgehead atoms. The van der Waals surface area contributed by atoms with Gasteiger partial charge in [0.25, 0.3) is 0 Å². The van der Waals surface area contributed by atoms with Gasteiger partial charge < -0.3 is 9.64 Å². The number of piperidine rings is 1. The average Bonchev–Trinajstić information content (AvgIpc) is 3.09. The molecule has 1 aliphatic heterocycles. The molecule has 0 unspecified atom stereocenters. The van der Waals surface area contributed by atoms with Gasteiger partial charge in [-0.3, -0.25) is 0 Å². The van der Waals surface area contributed by atoms with E-state index in [2.05, 4.69) is 27.7 Å². The Labute approximate surface area is 148 Å². The third kappa shape index (κ3) is 4.78. The van der Waals surface area contributed by atoms with Crippen LogP contribution in [0.4, 0.5) is 4.79 Å². The standard InChI is InChI=1S/C18H25N5O2/c1-18(2,3)25-17(24)22-10-8-15(9-11-22)12-14-4-6-16(7-5-14)23-13-19-20-21-23/h4-7,13,15H,8-12H2,1-3H3. The Morgan fingerprint density at radius 2 is 1.88 bits per heavy atom. The van der Waals surface area contributed by atoms with Crippen molar-refractivity contribution in [2.75, 3.05) is 13.1 Å². The molecule has 1 saturated heterocycles. The maximum Gasteiger partial charge on any atom is 0.410 e. The van der Waals surface area contributed by atoms with Crippen molar-refractivity contribution in [3.8, 4) is 5.69 Å². The average molecular weight is 343 g/mol. The molecule has 1 aromatic heterocycles. The van der Waals surface area contributed by atoms with Crippen LogP contribution in [0.25, 0.3) is 5.69 Å². The van der Waals surface area contributed by atoms with E-state index in [9.17, 15) is 4.79 Å². The van der Waals surface area contributed by atoms with Gasteiger partial charge in [-0.15, -0.1) is 5.10 Å². The van der Waals surface area contributed by atoms with E-state index < -0.39 is 5.60 Å². The molecule has 2 heterocycles. The number of carbonyl (C=O) groups excluding carboxylic acids is 1. The van der Waals surface area contributed by atoms with E-state index in [4.69, 9.17) is 4.74 Å². The van der Waals surface area contributed by atoms with Gasteiger partial charge in [-0.05, 0) is 74.1 Å². The molecule has 0 spiro atoms. The van der Waals surface area contributed by atoms with E-state index in [0.29, 0.717) is 5.92 Å². The highest BCUT2D eigenvalue weighted by atomic mass is 16.6. The van der Waals surface area contributed by atoms with Crippen molar-refractivity contribution >= 4 is 6.09 Å². The Kier molecular flexibility index (Phi) is 5.01. The lowest BCUT2D eigenvalue weighted by Crippen LogP contribution is -2.42. The zero-order chi connectivity index (χ0) is 17.9. The number of rotatable bonds is 3. The lowest BCUT2D eigenvalue weighted by molar-refractivity contribution is 0.0184. The Hall–Kier alpha value is -2.44. The van der Waals surface area contributed by atoms with Gasteiger partial charge in [-0.25, -0.2) is 9.48 Å². The zero-order valence-corrected chi connectivity index (χ0v) is 15.1. The second kappa shape index (κ2) is 7.21. The third-order valence-electron chi connectivity index (χ3n) is 4.34. The first-order chi connectivity index (χ1) is 11.9. The van der Waals surface area contributed by atoms with Gasteiger partial charge in [0, 0.05) is 13.1 Å². The summed E-state index contributed by atoms with van der Waals surface area (Å²) in [5.74, 6) is 0.595. The molecule has 2 aromatic rings. The molecule has 7 nitrogen and oxygen atoms in total. The Bertz CT molecular complexity index is 683. The van der Waals surface area contributed by atoms with E-state index in [1.54, 1.807) is 11.0 Å². The molecule has 0 N–H and O–H groups in total. The smallest absolute Gasteiger partial charge is 0.410 e. The summed E-state index contributed by atoms with van der Waals surface area (Å²) in [6.45, 7) is 7.23. The number of likely N-dealkylation sites (tertiary alicyclic amines) is 1. The molecule has 1 amide bonds. The largest absolute Gasteiger partial charge is 0.444 e. The molecular weight excluding hydrogens is 318 g/mol. The first-order valence-electron chi connectivity index (χ1n) is 8.71. The van der Waals surface area contributed by atoms with E-state index in [0.717, 1.165) is 38.0 Å². The Balaban J connectivity index is 1.50. The van der Waals surface area contributed by atoms with Gasteiger partial charge in [-0.1, -0.05) is 12.1 Å². The fourth-order valence-electron chi connectivity index (χ4n) is 3.04. The van der Waals surface area contributed by atoms with E-state index in [1.165, 1.54) is 5.56 Å². The highest BCUT2D eigenvalue weighted by molar-refractivity contribution is 5.68. The molecule has 25 heavy (non-hydrogen) atoms. The lowest BCUT2D eigenvalue weighted by Gasteiger charge is -2.33. The Morgan fingerprint density at radius 1 is 1.20 bits per heavy atom. The number of benzene rings is 1. The van der Waals surface area contributed by atoms with Crippen LogP contribution >= 0.6 is 0 Å². The fourth-order valence-corrected chi connectivity index (χ4v) is 3.04. The van der Waals surface area contributed by atoms with Gasteiger partial charge >= 0.3 is 6.09 Å². The summed E-state index contributed by atoms with van der Waals surface area (Å²) in [6.07, 6.45) is 4.43. The Morgan fingerprint density at radius 3 is 2.44 bits per heavy atom. The van der Waals surface area contributed by atoms with Crippen molar-refractivity contribution in [3.05, 3.63) is 36.2 Å². The summed E-state index contributed by atoms with van der Waals surface area (Å²) in [5, 5.41) is 11.2. The van der Waals surface area contributed by atoms with Crippen molar-refractivity contribution in [1.29, 1.82) is 0 Å². The molecule has 1 fully saturated rings. The number of hydrogen-bond acceptors (Lipinski definition) is 5. The summed E-state index contributed by atoms with van der Waals surface area (Å²) >= 11 is 0. The van der Waals surface area contributed by atoms with E-state index in [-0.39, 0.29) is 6.09 Å². The summed E-state index contributed by atoms with van der Waals surface area (Å²) in [4.78, 5) is 13.9. The van der Waals surface area contributed by atoms with Crippen molar-refractivity contribution < 1.29 is 9.53 Å². The molecular formula is C18H25N5O2. The van der Waals surface area contributed by atoms with Gasteiger partial charge in [0.05, 0.1) is 5.69 Å². The van der Waals surface area contributed by atoms with Crippen LogP contribution in [0.5, 0.6) is 0 Å². The molecule has 7 heteroatoms. The predicted octanol–water partition coefficient (Wildman–Crippen LogP) is 2.85. The molecule has 1 aliphatic rings. The summed E-state index contributed by atoms with van der Waals surface area (Å²) in [6, 6.07) is 8.30.